The molecule has 2 nitrogen and oxygen atoms in total. The number of rotatable bonds is 4. The van der Waals surface area contributed by atoms with E-state index in [1.54, 1.807) is 0 Å². The first-order valence-electron chi connectivity index (χ1n) is 5.13. The van der Waals surface area contributed by atoms with Crippen molar-refractivity contribution in [1.82, 2.24) is 0 Å². The Morgan fingerprint density at radius 3 is 2.21 bits per heavy atom. The molecular formula is C12H22O2. The van der Waals surface area contributed by atoms with Gasteiger partial charge in [0.1, 0.15) is 5.60 Å². The Kier molecular flexibility index (Phi) is 4.89. The van der Waals surface area contributed by atoms with Crippen LogP contribution in [-0.2, 0) is 9.53 Å². The standard InChI is InChI=1S/C12H22O2/c1-9(2)7-8-10(3)11(13)14-12(4,5)6/h9H,3,7-8H2,1-2,4-6H3. The fourth-order valence-electron chi connectivity index (χ4n) is 0.915. The Morgan fingerprint density at radius 1 is 1.36 bits per heavy atom. The van der Waals surface area contributed by atoms with E-state index >= 15 is 0 Å². The van der Waals surface area contributed by atoms with Crippen molar-refractivity contribution in [2.75, 3.05) is 0 Å². The molecule has 0 aliphatic carbocycles. The van der Waals surface area contributed by atoms with Gasteiger partial charge < -0.3 is 4.74 Å². The summed E-state index contributed by atoms with van der Waals surface area (Å²) in [5.41, 5.74) is 0.159. The summed E-state index contributed by atoms with van der Waals surface area (Å²) in [5, 5.41) is 0. The van der Waals surface area contributed by atoms with E-state index in [1.807, 2.05) is 20.8 Å². The molecular weight excluding hydrogens is 176 g/mol. The molecule has 0 amide bonds. The number of hydrogen-bond acceptors (Lipinski definition) is 2. The van der Waals surface area contributed by atoms with Crippen molar-refractivity contribution in [2.45, 2.75) is 53.1 Å². The lowest BCUT2D eigenvalue weighted by Gasteiger charge is -2.20. The van der Waals surface area contributed by atoms with Gasteiger partial charge in [0.2, 0.25) is 0 Å². The van der Waals surface area contributed by atoms with Crippen molar-refractivity contribution in [1.29, 1.82) is 0 Å². The van der Waals surface area contributed by atoms with Crippen LogP contribution in [0.3, 0.4) is 0 Å². The van der Waals surface area contributed by atoms with Gasteiger partial charge in [-0.15, -0.1) is 0 Å². The van der Waals surface area contributed by atoms with Crippen molar-refractivity contribution in [3.05, 3.63) is 12.2 Å². The Morgan fingerprint density at radius 2 is 1.86 bits per heavy atom. The van der Waals surface area contributed by atoms with E-state index in [-0.39, 0.29) is 5.97 Å². The fourth-order valence-corrected chi connectivity index (χ4v) is 0.915. The molecule has 0 aliphatic heterocycles. The third-order valence-electron chi connectivity index (χ3n) is 1.71. The molecule has 0 aliphatic rings. The van der Waals surface area contributed by atoms with Crippen LogP contribution in [0.4, 0.5) is 0 Å². The van der Waals surface area contributed by atoms with Crippen molar-refractivity contribution < 1.29 is 9.53 Å². The van der Waals surface area contributed by atoms with Crippen LogP contribution in [-0.4, -0.2) is 11.6 Å². The minimum atomic E-state index is -0.419. The largest absolute Gasteiger partial charge is 0.457 e. The van der Waals surface area contributed by atoms with Crippen LogP contribution in [0.1, 0.15) is 47.5 Å². The Balaban J connectivity index is 3.95. The quantitative estimate of drug-likeness (QED) is 0.511. The van der Waals surface area contributed by atoms with E-state index < -0.39 is 5.60 Å². The highest BCUT2D eigenvalue weighted by Gasteiger charge is 2.18. The highest BCUT2D eigenvalue weighted by Crippen LogP contribution is 2.15. The molecule has 0 bridgehead atoms. The van der Waals surface area contributed by atoms with Crippen LogP contribution >= 0.6 is 0 Å². The van der Waals surface area contributed by atoms with Crippen LogP contribution in [0.5, 0.6) is 0 Å². The van der Waals surface area contributed by atoms with E-state index in [0.717, 1.165) is 12.8 Å². The summed E-state index contributed by atoms with van der Waals surface area (Å²) in [6.07, 6.45) is 1.71. The molecule has 0 spiro atoms. The summed E-state index contributed by atoms with van der Waals surface area (Å²) < 4.78 is 5.19. The molecule has 0 saturated heterocycles. The molecule has 0 aromatic rings. The molecule has 0 atom stereocenters. The average molecular weight is 198 g/mol. The molecule has 2 heteroatoms. The molecule has 82 valence electrons. The average Bonchev–Trinajstić information content (AvgIpc) is 1.96. The molecule has 0 saturated carbocycles. The summed E-state index contributed by atoms with van der Waals surface area (Å²) in [6.45, 7) is 13.6. The number of carbonyl (C=O) groups excluding carboxylic acids is 1. The first-order valence-corrected chi connectivity index (χ1v) is 5.13. The molecule has 0 radical (unpaired) electrons. The van der Waals surface area contributed by atoms with Crippen LogP contribution < -0.4 is 0 Å². The summed E-state index contributed by atoms with van der Waals surface area (Å²) >= 11 is 0. The smallest absolute Gasteiger partial charge is 0.333 e. The van der Waals surface area contributed by atoms with E-state index in [9.17, 15) is 4.79 Å². The molecule has 0 unspecified atom stereocenters. The van der Waals surface area contributed by atoms with Gasteiger partial charge in [-0.2, -0.15) is 0 Å². The predicted molar refractivity (Wildman–Crippen MR) is 59.1 cm³/mol. The Bertz CT molecular complexity index is 209. The van der Waals surface area contributed by atoms with Crippen molar-refractivity contribution >= 4 is 5.97 Å². The second-order valence-corrected chi connectivity index (χ2v) is 5.04. The number of carbonyl (C=O) groups is 1. The van der Waals surface area contributed by atoms with Crippen molar-refractivity contribution in [3.63, 3.8) is 0 Å². The van der Waals surface area contributed by atoms with Gasteiger partial charge in [0, 0.05) is 5.57 Å². The van der Waals surface area contributed by atoms with E-state index in [1.165, 1.54) is 0 Å². The fraction of sp³-hybridized carbons (Fsp3) is 0.750. The zero-order chi connectivity index (χ0) is 11.4. The minimum absolute atomic E-state index is 0.266. The maximum Gasteiger partial charge on any atom is 0.333 e. The lowest BCUT2D eigenvalue weighted by molar-refractivity contribution is -0.150. The first kappa shape index (κ1) is 13.2. The topological polar surface area (TPSA) is 26.3 Å². The van der Waals surface area contributed by atoms with Crippen LogP contribution in [0, 0.1) is 5.92 Å². The maximum atomic E-state index is 11.4. The number of ether oxygens (including phenoxy) is 1. The van der Waals surface area contributed by atoms with Gasteiger partial charge in [0.05, 0.1) is 0 Å². The van der Waals surface area contributed by atoms with Gasteiger partial charge in [-0.25, -0.2) is 4.79 Å². The zero-order valence-electron chi connectivity index (χ0n) is 10.0. The Labute approximate surface area is 87.3 Å². The van der Waals surface area contributed by atoms with Gasteiger partial charge in [-0.05, 0) is 39.5 Å². The third kappa shape index (κ3) is 6.70. The summed E-state index contributed by atoms with van der Waals surface area (Å²) in [4.78, 5) is 11.4. The first-order chi connectivity index (χ1) is 6.22. The zero-order valence-corrected chi connectivity index (χ0v) is 10.0. The predicted octanol–water partition coefficient (Wildman–Crippen LogP) is 3.32. The lowest BCUT2D eigenvalue weighted by atomic mass is 10.0. The minimum Gasteiger partial charge on any atom is -0.457 e. The highest BCUT2D eigenvalue weighted by atomic mass is 16.6. The van der Waals surface area contributed by atoms with Gasteiger partial charge in [0.15, 0.2) is 0 Å². The van der Waals surface area contributed by atoms with Gasteiger partial charge >= 0.3 is 5.97 Å². The van der Waals surface area contributed by atoms with E-state index in [0.29, 0.717) is 11.5 Å². The second-order valence-electron chi connectivity index (χ2n) is 5.04. The third-order valence-corrected chi connectivity index (χ3v) is 1.71. The monoisotopic (exact) mass is 198 g/mol. The van der Waals surface area contributed by atoms with Gasteiger partial charge in [-0.3, -0.25) is 0 Å². The summed E-state index contributed by atoms with van der Waals surface area (Å²) in [5.74, 6) is 0.326. The highest BCUT2D eigenvalue weighted by molar-refractivity contribution is 5.87. The molecule has 0 fully saturated rings. The Hall–Kier alpha value is -0.790. The van der Waals surface area contributed by atoms with Crippen molar-refractivity contribution in [2.24, 2.45) is 5.92 Å². The summed E-state index contributed by atoms with van der Waals surface area (Å²) in [7, 11) is 0. The summed E-state index contributed by atoms with van der Waals surface area (Å²) in [6, 6.07) is 0. The van der Waals surface area contributed by atoms with Gasteiger partial charge in [-0.1, -0.05) is 20.4 Å². The molecule has 0 rings (SSSR count). The van der Waals surface area contributed by atoms with Crippen molar-refractivity contribution in [3.8, 4) is 0 Å². The second kappa shape index (κ2) is 5.18. The van der Waals surface area contributed by atoms with Crippen LogP contribution in [0.25, 0.3) is 0 Å². The van der Waals surface area contributed by atoms with Gasteiger partial charge in [0.25, 0.3) is 0 Å². The molecule has 0 heterocycles. The lowest BCUT2D eigenvalue weighted by Crippen LogP contribution is -2.24. The molecule has 0 N–H and O–H groups in total. The van der Waals surface area contributed by atoms with Crippen LogP contribution in [0.2, 0.25) is 0 Å². The maximum absolute atomic E-state index is 11.4. The number of hydrogen-bond donors (Lipinski definition) is 0. The SMILES string of the molecule is C=C(CCC(C)C)C(=O)OC(C)(C)C. The van der Waals surface area contributed by atoms with E-state index in [2.05, 4.69) is 20.4 Å². The van der Waals surface area contributed by atoms with E-state index in [4.69, 9.17) is 4.74 Å². The number of esters is 1. The molecule has 14 heavy (non-hydrogen) atoms. The molecule has 0 aromatic heterocycles. The molecule has 0 aromatic carbocycles. The van der Waals surface area contributed by atoms with Crippen LogP contribution in [0.15, 0.2) is 12.2 Å². The normalized spacial score (nSPS) is 11.6.